The minimum Gasteiger partial charge on any atom is -0.459 e. The van der Waals surface area contributed by atoms with E-state index in [1.165, 1.54) is 17.3 Å². The number of fused-ring (bicyclic) bond motifs is 6. The average molecular weight is 403 g/mol. The lowest BCUT2D eigenvalue weighted by Gasteiger charge is -2.58. The Balaban J connectivity index is 1.52. The molecular weight excluding hydrogens is 372 g/mol. The number of allylic oxidation sites excluding steroid dienone is 1. The van der Waals surface area contributed by atoms with E-state index in [2.05, 4.69) is 6.92 Å². The van der Waals surface area contributed by atoms with Gasteiger partial charge in [-0.05, 0) is 74.2 Å². The van der Waals surface area contributed by atoms with Crippen LogP contribution in [-0.4, -0.2) is 27.7 Å². The van der Waals surface area contributed by atoms with Crippen LogP contribution in [0.25, 0.3) is 0 Å². The lowest BCUT2D eigenvalue weighted by Crippen LogP contribution is -2.53. The summed E-state index contributed by atoms with van der Waals surface area (Å²) in [5, 5.41) is 0.435. The van der Waals surface area contributed by atoms with Gasteiger partial charge in [0.1, 0.15) is 5.60 Å². The van der Waals surface area contributed by atoms with E-state index in [0.717, 1.165) is 44.9 Å². The lowest BCUT2D eigenvalue weighted by molar-refractivity contribution is -0.154. The summed E-state index contributed by atoms with van der Waals surface area (Å²) in [6.45, 7) is 4.04. The van der Waals surface area contributed by atoms with E-state index < -0.39 is 0 Å². The van der Waals surface area contributed by atoms with Crippen LogP contribution in [0.5, 0.6) is 0 Å². The van der Waals surface area contributed by atoms with Gasteiger partial charge >= 0.3 is 5.97 Å². The second-order valence-corrected chi connectivity index (χ2v) is 11.4. The van der Waals surface area contributed by atoms with E-state index in [1.54, 1.807) is 6.92 Å². The zero-order valence-electron chi connectivity index (χ0n) is 16.9. The van der Waals surface area contributed by atoms with Crippen LogP contribution in [0, 0.1) is 29.1 Å². The second kappa shape index (κ2) is 6.45. The Morgan fingerprint density at radius 2 is 1.89 bits per heavy atom. The Labute approximate surface area is 171 Å². The van der Waals surface area contributed by atoms with Crippen molar-refractivity contribution in [3.63, 3.8) is 0 Å². The molecule has 3 saturated carbocycles. The number of thioether (sulfide) groups is 1. The van der Waals surface area contributed by atoms with E-state index in [1.807, 2.05) is 6.08 Å². The molecule has 5 rings (SSSR count). The molecule has 0 amide bonds. The number of hydrogen-bond acceptors (Lipinski definition) is 5. The summed E-state index contributed by atoms with van der Waals surface area (Å²) in [6.07, 6.45) is 10.2. The Morgan fingerprint density at radius 3 is 2.61 bits per heavy atom. The van der Waals surface area contributed by atoms with Crippen LogP contribution >= 0.6 is 11.8 Å². The number of rotatable bonds is 1. The minimum atomic E-state index is -0.224. The van der Waals surface area contributed by atoms with Crippen LogP contribution < -0.4 is 0 Å². The summed E-state index contributed by atoms with van der Waals surface area (Å²) in [6, 6.07) is 0. The van der Waals surface area contributed by atoms with Crippen molar-refractivity contribution >= 4 is 28.6 Å². The molecule has 5 heteroatoms. The normalized spacial score (nSPS) is 47.2. The zero-order valence-corrected chi connectivity index (χ0v) is 17.7. The van der Waals surface area contributed by atoms with Crippen LogP contribution in [0.4, 0.5) is 0 Å². The van der Waals surface area contributed by atoms with Crippen molar-refractivity contribution in [2.75, 3.05) is 0 Å². The smallest absolute Gasteiger partial charge is 0.306 e. The van der Waals surface area contributed by atoms with Crippen molar-refractivity contribution in [3.05, 3.63) is 11.6 Å². The van der Waals surface area contributed by atoms with Gasteiger partial charge in [0, 0.05) is 30.9 Å². The summed E-state index contributed by atoms with van der Waals surface area (Å²) >= 11 is 1.50. The first-order chi connectivity index (χ1) is 13.3. The molecule has 7 atom stereocenters. The van der Waals surface area contributed by atoms with Crippen LogP contribution in [0.2, 0.25) is 0 Å². The van der Waals surface area contributed by atoms with E-state index in [0.29, 0.717) is 36.5 Å². The molecule has 0 bridgehead atoms. The average Bonchev–Trinajstić information content (AvgIpc) is 3.20. The summed E-state index contributed by atoms with van der Waals surface area (Å²) in [7, 11) is 0. The van der Waals surface area contributed by atoms with E-state index in [-0.39, 0.29) is 33.1 Å². The first-order valence-electron chi connectivity index (χ1n) is 11.0. The fourth-order valence-electron chi connectivity index (χ4n) is 7.71. The lowest BCUT2D eigenvalue weighted by atomic mass is 9.49. The van der Waals surface area contributed by atoms with Crippen LogP contribution in [-0.2, 0) is 19.1 Å². The van der Waals surface area contributed by atoms with Crippen molar-refractivity contribution in [1.82, 2.24) is 0 Å². The predicted molar refractivity (Wildman–Crippen MR) is 108 cm³/mol. The molecule has 5 aliphatic rings. The standard InChI is InChI=1S/C23H30O4S/c1-13(24)28-19-12-14-11-15(25)5-8-22(14,2)18-4-3-17-16(21(18)19)6-9-23(17)10-7-20(26)27-23/h11,16-19,21H,3-10,12H2,1-2H3/t16-,17+,18+,19-,21+,22+,23-/m1/s1. The molecule has 1 heterocycles. The molecule has 1 spiro atoms. The fourth-order valence-corrected chi connectivity index (χ4v) is 8.95. The monoisotopic (exact) mass is 402 g/mol. The van der Waals surface area contributed by atoms with Gasteiger partial charge in [0.2, 0.25) is 0 Å². The first kappa shape index (κ1) is 18.9. The Hall–Kier alpha value is -1.10. The van der Waals surface area contributed by atoms with Gasteiger partial charge in [0.25, 0.3) is 0 Å². The van der Waals surface area contributed by atoms with Gasteiger partial charge in [0.05, 0.1) is 0 Å². The van der Waals surface area contributed by atoms with Gasteiger partial charge in [0.15, 0.2) is 10.9 Å². The van der Waals surface area contributed by atoms with E-state index >= 15 is 0 Å². The third kappa shape index (κ3) is 2.68. The van der Waals surface area contributed by atoms with Gasteiger partial charge < -0.3 is 4.74 Å². The predicted octanol–water partition coefficient (Wildman–Crippen LogP) is 4.46. The van der Waals surface area contributed by atoms with Gasteiger partial charge in [-0.2, -0.15) is 0 Å². The van der Waals surface area contributed by atoms with Gasteiger partial charge in [-0.25, -0.2) is 0 Å². The minimum absolute atomic E-state index is 0.0240. The van der Waals surface area contributed by atoms with Gasteiger partial charge in [-0.1, -0.05) is 24.3 Å². The molecule has 1 saturated heterocycles. The molecular formula is C23H30O4S. The van der Waals surface area contributed by atoms with E-state index in [9.17, 15) is 14.4 Å². The van der Waals surface area contributed by atoms with Crippen molar-refractivity contribution in [1.29, 1.82) is 0 Å². The highest BCUT2D eigenvalue weighted by atomic mass is 32.2. The highest BCUT2D eigenvalue weighted by molar-refractivity contribution is 8.14. The summed E-state index contributed by atoms with van der Waals surface area (Å²) in [5.74, 6) is 2.24. The first-order valence-corrected chi connectivity index (χ1v) is 11.8. The third-order valence-electron chi connectivity index (χ3n) is 8.86. The summed E-state index contributed by atoms with van der Waals surface area (Å²) in [4.78, 5) is 36.1. The number of carbonyl (C=O) groups excluding carboxylic acids is 3. The number of ether oxygens (including phenoxy) is 1. The van der Waals surface area contributed by atoms with Gasteiger partial charge in [-0.3, -0.25) is 14.4 Å². The van der Waals surface area contributed by atoms with Crippen molar-refractivity contribution in [3.8, 4) is 0 Å². The Bertz CT molecular complexity index is 773. The third-order valence-corrected chi connectivity index (χ3v) is 9.97. The highest BCUT2D eigenvalue weighted by Crippen LogP contribution is 2.66. The molecule has 0 aromatic heterocycles. The maximum Gasteiger partial charge on any atom is 0.306 e. The molecule has 152 valence electrons. The number of ketones is 1. The Kier molecular flexibility index (Phi) is 4.35. The maximum atomic E-state index is 12.1. The maximum absolute atomic E-state index is 12.1. The van der Waals surface area contributed by atoms with Crippen LogP contribution in [0.15, 0.2) is 11.6 Å². The molecule has 0 aromatic rings. The molecule has 0 unspecified atom stereocenters. The van der Waals surface area contributed by atoms with Crippen LogP contribution in [0.3, 0.4) is 0 Å². The SMILES string of the molecule is CC(=O)S[C@@H]1CC2=CC(=O)CC[C@]2(C)[C@H]2CC[C@H]3[C@@H](CC[C@@]34CCC(=O)O4)[C@H]12. The molecule has 0 radical (unpaired) electrons. The van der Waals surface area contributed by atoms with Crippen LogP contribution in [0.1, 0.15) is 71.6 Å². The molecule has 28 heavy (non-hydrogen) atoms. The molecule has 4 nitrogen and oxygen atoms in total. The molecule has 4 aliphatic carbocycles. The molecule has 1 aliphatic heterocycles. The number of esters is 1. The topological polar surface area (TPSA) is 60.4 Å². The number of carbonyl (C=O) groups is 3. The summed E-state index contributed by atoms with van der Waals surface area (Å²) in [5.41, 5.74) is 1.17. The van der Waals surface area contributed by atoms with E-state index in [4.69, 9.17) is 4.74 Å². The van der Waals surface area contributed by atoms with Gasteiger partial charge in [-0.15, -0.1) is 0 Å². The quantitative estimate of drug-likeness (QED) is 0.606. The molecule has 4 fully saturated rings. The molecule has 0 N–H and O–H groups in total. The largest absolute Gasteiger partial charge is 0.459 e. The fraction of sp³-hybridized carbons (Fsp3) is 0.783. The number of hydrogen-bond donors (Lipinski definition) is 0. The van der Waals surface area contributed by atoms with Crippen molar-refractivity contribution < 1.29 is 19.1 Å². The zero-order chi connectivity index (χ0) is 19.7. The second-order valence-electron chi connectivity index (χ2n) is 10.0. The molecule has 0 aromatic carbocycles. The van der Waals surface area contributed by atoms with Crippen molar-refractivity contribution in [2.24, 2.45) is 29.1 Å². The summed E-state index contributed by atoms with van der Waals surface area (Å²) < 4.78 is 5.95. The van der Waals surface area contributed by atoms with Crippen molar-refractivity contribution in [2.45, 2.75) is 82.5 Å². The highest BCUT2D eigenvalue weighted by Gasteiger charge is 2.63. The Morgan fingerprint density at radius 1 is 1.11 bits per heavy atom.